The largest absolute Gasteiger partial charge is 0.383 e. The number of nitrogens with one attached hydrogen (secondary N) is 1. The lowest BCUT2D eigenvalue weighted by Gasteiger charge is -2.33. The van der Waals surface area contributed by atoms with Gasteiger partial charge in [-0.1, -0.05) is 13.8 Å². The molecule has 0 bridgehead atoms. The van der Waals surface area contributed by atoms with Crippen molar-refractivity contribution < 1.29 is 0 Å². The van der Waals surface area contributed by atoms with Gasteiger partial charge in [-0.15, -0.1) is 0 Å². The summed E-state index contributed by atoms with van der Waals surface area (Å²) in [4.78, 5) is 8.02. The zero-order valence-electron chi connectivity index (χ0n) is 10.5. The fraction of sp³-hybridized carbons (Fsp3) is 0.667. The summed E-state index contributed by atoms with van der Waals surface area (Å²) in [6, 6.07) is 2.20. The van der Waals surface area contributed by atoms with Crippen molar-refractivity contribution in [3.63, 3.8) is 0 Å². The second-order valence-corrected chi connectivity index (χ2v) is 5.18. The molecule has 5 nitrogen and oxygen atoms in total. The highest BCUT2D eigenvalue weighted by Crippen LogP contribution is 2.30. The zero-order chi connectivity index (χ0) is 12.4. The average Bonchev–Trinajstić information content (AvgIpc) is 2.21. The maximum Gasteiger partial charge on any atom is 0.223 e. The van der Waals surface area contributed by atoms with E-state index in [0.29, 0.717) is 17.8 Å². The van der Waals surface area contributed by atoms with E-state index in [9.17, 15) is 0 Å². The van der Waals surface area contributed by atoms with E-state index in [-0.39, 0.29) is 5.95 Å². The van der Waals surface area contributed by atoms with Crippen LogP contribution in [0.1, 0.15) is 33.1 Å². The Morgan fingerprint density at radius 3 is 2.65 bits per heavy atom. The van der Waals surface area contributed by atoms with Gasteiger partial charge in [-0.05, 0) is 31.1 Å². The number of hydrogen-bond donors (Lipinski definition) is 3. The zero-order valence-corrected chi connectivity index (χ0v) is 10.5. The Hall–Kier alpha value is -1.52. The van der Waals surface area contributed by atoms with Crippen LogP contribution in [0.25, 0.3) is 0 Å². The Morgan fingerprint density at radius 2 is 2.00 bits per heavy atom. The van der Waals surface area contributed by atoms with Crippen LogP contribution >= 0.6 is 0 Å². The van der Waals surface area contributed by atoms with Gasteiger partial charge < -0.3 is 16.8 Å². The third-order valence-corrected chi connectivity index (χ3v) is 3.53. The molecule has 1 fully saturated rings. The Kier molecular flexibility index (Phi) is 3.36. The van der Waals surface area contributed by atoms with Gasteiger partial charge in [0.15, 0.2) is 0 Å². The number of anilines is 3. The highest BCUT2D eigenvalue weighted by Gasteiger charge is 2.25. The highest BCUT2D eigenvalue weighted by molar-refractivity contribution is 5.49. The molecule has 5 N–H and O–H groups in total. The molecule has 2 rings (SSSR count). The first-order chi connectivity index (χ1) is 8.04. The van der Waals surface area contributed by atoms with Crippen molar-refractivity contribution in [3.8, 4) is 0 Å². The first-order valence-electron chi connectivity index (χ1n) is 6.21. The number of nitrogens with zero attached hydrogens (tertiary/aromatic N) is 2. The lowest BCUT2D eigenvalue weighted by atomic mass is 9.80. The van der Waals surface area contributed by atoms with Gasteiger partial charge in [-0.25, -0.2) is 0 Å². The standard InChI is InChI=1S/C12H21N5/c1-7-3-4-9(8(2)5-7)15-11-6-10(13)16-12(14)17-11/h6-9H,3-5H2,1-2H3,(H5,13,14,15,16,17). The lowest BCUT2D eigenvalue weighted by Crippen LogP contribution is -2.33. The number of aromatic nitrogens is 2. The summed E-state index contributed by atoms with van der Waals surface area (Å²) in [6.45, 7) is 4.59. The molecule has 1 aliphatic carbocycles. The summed E-state index contributed by atoms with van der Waals surface area (Å²) in [5, 5.41) is 3.42. The molecule has 5 heteroatoms. The summed E-state index contributed by atoms with van der Waals surface area (Å²) in [6.07, 6.45) is 3.69. The maximum absolute atomic E-state index is 5.65. The van der Waals surface area contributed by atoms with Crippen molar-refractivity contribution in [2.45, 2.75) is 39.2 Å². The van der Waals surface area contributed by atoms with Crippen LogP contribution in [0.5, 0.6) is 0 Å². The molecule has 0 aliphatic heterocycles. The highest BCUT2D eigenvalue weighted by atomic mass is 15.1. The van der Waals surface area contributed by atoms with E-state index >= 15 is 0 Å². The summed E-state index contributed by atoms with van der Waals surface area (Å²) < 4.78 is 0. The normalized spacial score (nSPS) is 28.9. The number of hydrogen-bond acceptors (Lipinski definition) is 5. The molecule has 3 unspecified atom stereocenters. The molecule has 0 amide bonds. The first kappa shape index (κ1) is 12.0. The first-order valence-corrected chi connectivity index (χ1v) is 6.21. The van der Waals surface area contributed by atoms with Crippen LogP contribution in [-0.2, 0) is 0 Å². The van der Waals surface area contributed by atoms with E-state index in [1.165, 1.54) is 19.3 Å². The quantitative estimate of drug-likeness (QED) is 0.728. The lowest BCUT2D eigenvalue weighted by molar-refractivity contribution is 0.276. The van der Waals surface area contributed by atoms with Crippen LogP contribution < -0.4 is 16.8 Å². The van der Waals surface area contributed by atoms with E-state index < -0.39 is 0 Å². The van der Waals surface area contributed by atoms with Gasteiger partial charge in [-0.3, -0.25) is 0 Å². The third-order valence-electron chi connectivity index (χ3n) is 3.53. The topological polar surface area (TPSA) is 89.8 Å². The van der Waals surface area contributed by atoms with Crippen molar-refractivity contribution in [3.05, 3.63) is 6.07 Å². The summed E-state index contributed by atoms with van der Waals surface area (Å²) in [5.41, 5.74) is 11.2. The van der Waals surface area contributed by atoms with Gasteiger partial charge >= 0.3 is 0 Å². The SMILES string of the molecule is CC1CCC(Nc2cc(N)nc(N)n2)C(C)C1. The molecule has 94 valence electrons. The van der Waals surface area contributed by atoms with Crippen molar-refractivity contribution in [2.24, 2.45) is 11.8 Å². The number of rotatable bonds is 2. The van der Waals surface area contributed by atoms with Crippen LogP contribution in [0, 0.1) is 11.8 Å². The Balaban J connectivity index is 2.05. The Morgan fingerprint density at radius 1 is 1.24 bits per heavy atom. The van der Waals surface area contributed by atoms with Crippen LogP contribution in [0.2, 0.25) is 0 Å². The Labute approximate surface area is 102 Å². The van der Waals surface area contributed by atoms with E-state index in [2.05, 4.69) is 29.1 Å². The van der Waals surface area contributed by atoms with Gasteiger partial charge in [0, 0.05) is 12.1 Å². The van der Waals surface area contributed by atoms with Crippen molar-refractivity contribution in [1.82, 2.24) is 9.97 Å². The molecule has 17 heavy (non-hydrogen) atoms. The molecule has 1 aromatic rings. The monoisotopic (exact) mass is 235 g/mol. The molecule has 1 heterocycles. The molecule has 0 spiro atoms. The second kappa shape index (κ2) is 4.77. The summed E-state index contributed by atoms with van der Waals surface area (Å²) in [7, 11) is 0. The van der Waals surface area contributed by atoms with Crippen LogP contribution in [-0.4, -0.2) is 16.0 Å². The molecule has 3 atom stereocenters. The van der Waals surface area contributed by atoms with Gasteiger partial charge in [0.2, 0.25) is 5.95 Å². The molecule has 1 aliphatic rings. The predicted octanol–water partition coefficient (Wildman–Crippen LogP) is 1.88. The Bertz CT molecular complexity index is 372. The summed E-state index contributed by atoms with van der Waals surface area (Å²) in [5.74, 6) is 2.85. The average molecular weight is 235 g/mol. The number of nitrogens with two attached hydrogens (primary N) is 2. The van der Waals surface area contributed by atoms with Gasteiger partial charge in [-0.2, -0.15) is 9.97 Å². The number of nitrogen functional groups attached to an aromatic ring is 2. The third kappa shape index (κ3) is 2.99. The molecular weight excluding hydrogens is 214 g/mol. The van der Waals surface area contributed by atoms with E-state index in [1.54, 1.807) is 6.07 Å². The minimum Gasteiger partial charge on any atom is -0.383 e. The molecule has 0 aromatic carbocycles. The van der Waals surface area contributed by atoms with Gasteiger partial charge in [0.1, 0.15) is 11.6 Å². The minimum atomic E-state index is 0.226. The van der Waals surface area contributed by atoms with Crippen molar-refractivity contribution in [2.75, 3.05) is 16.8 Å². The fourth-order valence-electron chi connectivity index (χ4n) is 2.63. The van der Waals surface area contributed by atoms with Crippen LogP contribution in [0.4, 0.5) is 17.6 Å². The van der Waals surface area contributed by atoms with E-state index in [4.69, 9.17) is 11.5 Å². The molecular formula is C12H21N5. The van der Waals surface area contributed by atoms with E-state index in [1.807, 2.05) is 0 Å². The van der Waals surface area contributed by atoms with Crippen molar-refractivity contribution >= 4 is 17.6 Å². The summed E-state index contributed by atoms with van der Waals surface area (Å²) >= 11 is 0. The smallest absolute Gasteiger partial charge is 0.223 e. The van der Waals surface area contributed by atoms with Gasteiger partial charge in [0.25, 0.3) is 0 Å². The molecule has 1 aromatic heterocycles. The second-order valence-electron chi connectivity index (χ2n) is 5.18. The minimum absolute atomic E-state index is 0.226. The molecule has 0 radical (unpaired) electrons. The van der Waals surface area contributed by atoms with E-state index in [0.717, 1.165) is 11.7 Å². The predicted molar refractivity (Wildman–Crippen MR) is 70.4 cm³/mol. The maximum atomic E-state index is 5.65. The molecule has 1 saturated carbocycles. The van der Waals surface area contributed by atoms with Crippen LogP contribution in [0.3, 0.4) is 0 Å². The van der Waals surface area contributed by atoms with Crippen LogP contribution in [0.15, 0.2) is 6.07 Å². The van der Waals surface area contributed by atoms with Crippen molar-refractivity contribution in [1.29, 1.82) is 0 Å². The van der Waals surface area contributed by atoms with Gasteiger partial charge in [0.05, 0.1) is 0 Å². The fourth-order valence-corrected chi connectivity index (χ4v) is 2.63. The molecule has 0 saturated heterocycles.